The summed E-state index contributed by atoms with van der Waals surface area (Å²) in [7, 11) is 0. The smallest absolute Gasteiger partial charge is 0.317 e. The molecule has 0 unspecified atom stereocenters. The predicted molar refractivity (Wildman–Crippen MR) is 97.9 cm³/mol. The van der Waals surface area contributed by atoms with Crippen LogP contribution < -0.4 is 10.6 Å². The number of pyridine rings is 1. The van der Waals surface area contributed by atoms with E-state index in [9.17, 15) is 9.59 Å². The summed E-state index contributed by atoms with van der Waals surface area (Å²) in [6, 6.07) is 3.77. The van der Waals surface area contributed by atoms with Crippen molar-refractivity contribution in [3.63, 3.8) is 0 Å². The molecule has 1 aromatic rings. The first-order valence-electron chi connectivity index (χ1n) is 9.17. The van der Waals surface area contributed by atoms with Gasteiger partial charge in [0.15, 0.2) is 0 Å². The molecule has 0 spiro atoms. The van der Waals surface area contributed by atoms with E-state index in [0.29, 0.717) is 25.4 Å². The molecule has 6 nitrogen and oxygen atoms in total. The van der Waals surface area contributed by atoms with E-state index in [4.69, 9.17) is 0 Å². The van der Waals surface area contributed by atoms with Crippen molar-refractivity contribution >= 4 is 11.9 Å². The molecule has 25 heavy (non-hydrogen) atoms. The molecule has 1 aliphatic heterocycles. The highest BCUT2D eigenvalue weighted by atomic mass is 16.2. The van der Waals surface area contributed by atoms with E-state index >= 15 is 0 Å². The maximum Gasteiger partial charge on any atom is 0.317 e. The molecular formula is C19H30N4O2. The number of nitrogens with zero attached hydrogens (tertiary/aromatic N) is 2. The third kappa shape index (κ3) is 6.36. The molecule has 2 rings (SSSR count). The van der Waals surface area contributed by atoms with Gasteiger partial charge in [-0.05, 0) is 49.3 Å². The SMILES string of the molecule is CC(C)CNC(=O)N1CCC[C@H](CC(=O)N[C@H](C)c2ccncc2)C1. The zero-order valence-corrected chi connectivity index (χ0v) is 15.5. The molecule has 0 saturated carbocycles. The number of hydrogen-bond donors (Lipinski definition) is 2. The minimum atomic E-state index is -0.0375. The monoisotopic (exact) mass is 346 g/mol. The van der Waals surface area contributed by atoms with Crippen molar-refractivity contribution in [2.24, 2.45) is 11.8 Å². The number of carbonyl (C=O) groups is 2. The minimum Gasteiger partial charge on any atom is -0.350 e. The number of urea groups is 1. The molecule has 2 atom stereocenters. The first kappa shape index (κ1) is 19.2. The lowest BCUT2D eigenvalue weighted by atomic mass is 9.94. The summed E-state index contributed by atoms with van der Waals surface area (Å²) in [4.78, 5) is 30.4. The van der Waals surface area contributed by atoms with Gasteiger partial charge in [0.05, 0.1) is 6.04 Å². The third-order valence-electron chi connectivity index (χ3n) is 4.53. The van der Waals surface area contributed by atoms with E-state index in [1.807, 2.05) is 24.0 Å². The van der Waals surface area contributed by atoms with Gasteiger partial charge < -0.3 is 15.5 Å². The molecule has 2 N–H and O–H groups in total. The molecular weight excluding hydrogens is 316 g/mol. The van der Waals surface area contributed by atoms with E-state index in [1.54, 1.807) is 12.4 Å². The molecule has 0 aromatic carbocycles. The molecule has 0 aliphatic carbocycles. The average molecular weight is 346 g/mol. The molecule has 1 saturated heterocycles. The second-order valence-electron chi connectivity index (χ2n) is 7.31. The second-order valence-corrected chi connectivity index (χ2v) is 7.31. The summed E-state index contributed by atoms with van der Waals surface area (Å²) < 4.78 is 0. The van der Waals surface area contributed by atoms with E-state index in [0.717, 1.165) is 24.9 Å². The quantitative estimate of drug-likeness (QED) is 0.832. The zero-order valence-electron chi connectivity index (χ0n) is 15.5. The number of rotatable bonds is 6. The lowest BCUT2D eigenvalue weighted by Gasteiger charge is -2.33. The minimum absolute atomic E-state index is 0.0102. The highest BCUT2D eigenvalue weighted by Gasteiger charge is 2.25. The summed E-state index contributed by atoms with van der Waals surface area (Å²) >= 11 is 0. The summed E-state index contributed by atoms with van der Waals surface area (Å²) in [5.74, 6) is 0.701. The van der Waals surface area contributed by atoms with Crippen LogP contribution in [0.1, 0.15) is 51.6 Å². The Kier molecular flexibility index (Phi) is 7.22. The number of nitrogens with one attached hydrogen (secondary N) is 2. The van der Waals surface area contributed by atoms with Crippen molar-refractivity contribution in [1.29, 1.82) is 0 Å². The van der Waals surface area contributed by atoms with E-state index in [-0.39, 0.29) is 23.9 Å². The number of aromatic nitrogens is 1. The third-order valence-corrected chi connectivity index (χ3v) is 4.53. The Balaban J connectivity index is 1.79. The van der Waals surface area contributed by atoms with Crippen molar-refractivity contribution in [2.45, 2.75) is 46.1 Å². The van der Waals surface area contributed by atoms with E-state index in [2.05, 4.69) is 29.5 Å². The van der Waals surface area contributed by atoms with Crippen LogP contribution in [0.25, 0.3) is 0 Å². The number of piperidine rings is 1. The fourth-order valence-electron chi connectivity index (χ4n) is 3.12. The van der Waals surface area contributed by atoms with Gasteiger partial charge in [-0.25, -0.2) is 4.79 Å². The maximum atomic E-state index is 12.3. The van der Waals surface area contributed by atoms with Gasteiger partial charge in [-0.3, -0.25) is 9.78 Å². The van der Waals surface area contributed by atoms with E-state index in [1.165, 1.54) is 0 Å². The van der Waals surface area contributed by atoms with Crippen molar-refractivity contribution in [1.82, 2.24) is 20.5 Å². The van der Waals surface area contributed by atoms with Crippen LogP contribution in [0.4, 0.5) is 4.79 Å². The standard InChI is InChI=1S/C19H30N4O2/c1-14(2)12-21-19(25)23-10-4-5-16(13-23)11-18(24)22-15(3)17-6-8-20-9-7-17/h6-9,14-16H,4-5,10-13H2,1-3H3,(H,21,25)(H,22,24)/t15-,16-/m1/s1. The van der Waals surface area contributed by atoms with E-state index < -0.39 is 0 Å². The fraction of sp³-hybridized carbons (Fsp3) is 0.632. The molecule has 1 aliphatic rings. The summed E-state index contributed by atoms with van der Waals surface area (Å²) in [6.07, 6.45) is 5.86. The fourth-order valence-corrected chi connectivity index (χ4v) is 3.12. The summed E-state index contributed by atoms with van der Waals surface area (Å²) in [5.41, 5.74) is 1.04. The van der Waals surface area contributed by atoms with Crippen LogP contribution in [0.2, 0.25) is 0 Å². The maximum absolute atomic E-state index is 12.3. The van der Waals surface area contributed by atoms with Crippen molar-refractivity contribution in [3.05, 3.63) is 30.1 Å². The van der Waals surface area contributed by atoms with Crippen LogP contribution in [-0.2, 0) is 4.79 Å². The van der Waals surface area contributed by atoms with Crippen LogP contribution in [0, 0.1) is 11.8 Å². The predicted octanol–water partition coefficient (Wildman–Crippen LogP) is 2.73. The highest BCUT2D eigenvalue weighted by Crippen LogP contribution is 2.20. The Labute approximate surface area is 150 Å². The lowest BCUT2D eigenvalue weighted by Crippen LogP contribution is -2.47. The Morgan fingerprint density at radius 3 is 2.68 bits per heavy atom. The molecule has 1 fully saturated rings. The molecule has 0 radical (unpaired) electrons. The van der Waals surface area contributed by atoms with Gasteiger partial charge >= 0.3 is 6.03 Å². The first-order valence-corrected chi connectivity index (χ1v) is 9.17. The molecule has 6 heteroatoms. The van der Waals surface area contributed by atoms with Crippen LogP contribution in [0.15, 0.2) is 24.5 Å². The molecule has 138 valence electrons. The Hall–Kier alpha value is -2.11. The van der Waals surface area contributed by atoms with Gasteiger partial charge in [0.2, 0.25) is 5.91 Å². The lowest BCUT2D eigenvalue weighted by molar-refractivity contribution is -0.123. The molecule has 1 aromatic heterocycles. The summed E-state index contributed by atoms with van der Waals surface area (Å²) in [6.45, 7) is 8.24. The Morgan fingerprint density at radius 2 is 2.00 bits per heavy atom. The molecule has 0 bridgehead atoms. The van der Waals surface area contributed by atoms with Gasteiger partial charge in [0.25, 0.3) is 0 Å². The van der Waals surface area contributed by atoms with Gasteiger partial charge in [0.1, 0.15) is 0 Å². The topological polar surface area (TPSA) is 74.3 Å². The van der Waals surface area contributed by atoms with Crippen LogP contribution in [0.5, 0.6) is 0 Å². The van der Waals surface area contributed by atoms with Gasteiger partial charge in [-0.15, -0.1) is 0 Å². The van der Waals surface area contributed by atoms with Crippen molar-refractivity contribution < 1.29 is 9.59 Å². The largest absolute Gasteiger partial charge is 0.350 e. The van der Waals surface area contributed by atoms with Crippen molar-refractivity contribution in [3.8, 4) is 0 Å². The Morgan fingerprint density at radius 1 is 1.28 bits per heavy atom. The van der Waals surface area contributed by atoms with Crippen LogP contribution >= 0.6 is 0 Å². The first-order chi connectivity index (χ1) is 12.0. The number of amides is 3. The second kappa shape index (κ2) is 9.39. The van der Waals surface area contributed by atoms with Gasteiger partial charge in [-0.1, -0.05) is 13.8 Å². The average Bonchev–Trinajstić information content (AvgIpc) is 2.60. The molecule has 2 heterocycles. The Bertz CT molecular complexity index is 562. The van der Waals surface area contributed by atoms with Crippen molar-refractivity contribution in [2.75, 3.05) is 19.6 Å². The van der Waals surface area contributed by atoms with Gasteiger partial charge in [-0.2, -0.15) is 0 Å². The number of likely N-dealkylation sites (tertiary alicyclic amines) is 1. The van der Waals surface area contributed by atoms with Crippen LogP contribution in [-0.4, -0.2) is 41.5 Å². The summed E-state index contributed by atoms with van der Waals surface area (Å²) in [5, 5.41) is 6.00. The highest BCUT2D eigenvalue weighted by molar-refractivity contribution is 5.77. The molecule has 3 amide bonds. The number of hydrogen-bond acceptors (Lipinski definition) is 3. The normalized spacial score (nSPS) is 18.7. The zero-order chi connectivity index (χ0) is 18.2. The number of carbonyl (C=O) groups excluding carboxylic acids is 2. The van der Waals surface area contributed by atoms with Crippen LogP contribution in [0.3, 0.4) is 0 Å². The van der Waals surface area contributed by atoms with Gasteiger partial charge in [0, 0.05) is 38.4 Å².